The lowest BCUT2D eigenvalue weighted by atomic mass is 9.98. The Morgan fingerprint density at radius 1 is 0.833 bits per heavy atom. The van der Waals surface area contributed by atoms with Crippen molar-refractivity contribution in [3.63, 3.8) is 0 Å². The zero-order chi connectivity index (χ0) is 33.6. The van der Waals surface area contributed by atoms with E-state index in [9.17, 15) is 14.7 Å². The maximum absolute atomic E-state index is 12.7. The van der Waals surface area contributed by atoms with Gasteiger partial charge in [-0.15, -0.1) is 10.2 Å². The van der Waals surface area contributed by atoms with E-state index in [2.05, 4.69) is 25.2 Å². The van der Waals surface area contributed by atoms with Gasteiger partial charge in [0.1, 0.15) is 6.61 Å². The van der Waals surface area contributed by atoms with Crippen molar-refractivity contribution in [2.24, 2.45) is 0 Å². The van der Waals surface area contributed by atoms with Crippen LogP contribution in [0.4, 0.5) is 4.79 Å². The van der Waals surface area contributed by atoms with Gasteiger partial charge in [-0.3, -0.25) is 15.0 Å². The zero-order valence-corrected chi connectivity index (χ0v) is 25.5. The normalized spacial score (nSPS) is 11.2. The van der Waals surface area contributed by atoms with E-state index in [0.29, 0.717) is 46.9 Å². The van der Waals surface area contributed by atoms with Gasteiger partial charge in [0.15, 0.2) is 0 Å². The fourth-order valence-corrected chi connectivity index (χ4v) is 5.09. The van der Waals surface area contributed by atoms with Gasteiger partial charge in [0.05, 0.1) is 41.7 Å². The van der Waals surface area contributed by atoms with E-state index in [1.54, 1.807) is 47.0 Å². The molecule has 3 N–H and O–H groups in total. The van der Waals surface area contributed by atoms with Crippen LogP contribution in [0.5, 0.6) is 6.01 Å². The second kappa shape index (κ2) is 14.2. The van der Waals surface area contributed by atoms with Crippen LogP contribution in [0.3, 0.4) is 0 Å². The summed E-state index contributed by atoms with van der Waals surface area (Å²) < 4.78 is 12.8. The number of hydrogen-bond acceptors (Lipinski definition) is 12. The summed E-state index contributed by atoms with van der Waals surface area (Å²) in [5.74, 6) is -0.821. The van der Waals surface area contributed by atoms with Crippen LogP contribution in [0, 0.1) is 0 Å². The highest BCUT2D eigenvalue weighted by molar-refractivity contribution is 6.01. The number of carbonyl (C=O) groups is 2. The molecular formula is C33H29N7O8. The van der Waals surface area contributed by atoms with E-state index in [1.807, 2.05) is 55.5 Å². The fraction of sp³-hybridized carbons (Fsp3) is 0.152. The molecule has 15 nitrogen and oxygen atoms in total. The van der Waals surface area contributed by atoms with Crippen molar-refractivity contribution in [3.05, 3.63) is 113 Å². The molecule has 0 spiro atoms. The average Bonchev–Trinajstić information content (AvgIpc) is 3.73. The van der Waals surface area contributed by atoms with Gasteiger partial charge in [-0.25, -0.2) is 14.4 Å². The molecule has 0 saturated heterocycles. The molecule has 6 aromatic rings. The molecule has 0 radical (unpaired) electrons. The molecule has 6 rings (SSSR count). The van der Waals surface area contributed by atoms with Gasteiger partial charge in [-0.1, -0.05) is 83.7 Å². The summed E-state index contributed by atoms with van der Waals surface area (Å²) in [5.41, 5.74) is 5.73. The summed E-state index contributed by atoms with van der Waals surface area (Å²) in [7, 11) is 0. The van der Waals surface area contributed by atoms with E-state index in [0.717, 1.165) is 21.5 Å². The summed E-state index contributed by atoms with van der Waals surface area (Å²) in [6, 6.07) is 27.3. The zero-order valence-electron chi connectivity index (χ0n) is 25.5. The Bertz CT molecular complexity index is 2060. The monoisotopic (exact) mass is 651 g/mol. The maximum atomic E-state index is 12.7. The standard InChI is InChI=1S/C33H29N7O8/c1-2-46-32-34-28-9-5-8-27(31(41)42)29(28)38(32)18-21-14-16-24(17-15-21)25-6-3-4-7-26(25)30-35-37-39(36-30)33(43)47-19-22-10-12-23(13-11-22)20-48-40(44)45/h3-17,44-45H,2,18-20H2,1H3,(H,41,42). The lowest BCUT2D eigenvalue weighted by Crippen LogP contribution is -2.17. The molecule has 15 heteroatoms. The topological polar surface area (TPSA) is 187 Å². The second-order valence-corrected chi connectivity index (χ2v) is 10.4. The molecule has 4 aromatic carbocycles. The van der Waals surface area contributed by atoms with Crippen LogP contribution in [0.1, 0.15) is 34.0 Å². The van der Waals surface area contributed by atoms with Crippen molar-refractivity contribution in [2.75, 3.05) is 6.61 Å². The van der Waals surface area contributed by atoms with Gasteiger partial charge in [0, 0.05) is 5.56 Å². The molecule has 0 atom stereocenters. The Balaban J connectivity index is 1.17. The number of aromatic nitrogens is 6. The molecule has 0 saturated carbocycles. The number of aromatic carboxylic acids is 1. The second-order valence-electron chi connectivity index (χ2n) is 10.4. The van der Waals surface area contributed by atoms with Crippen LogP contribution in [0.25, 0.3) is 33.5 Å². The third-order valence-electron chi connectivity index (χ3n) is 7.32. The first-order valence-electron chi connectivity index (χ1n) is 14.7. The highest BCUT2D eigenvalue weighted by Gasteiger charge is 2.20. The van der Waals surface area contributed by atoms with Gasteiger partial charge < -0.3 is 14.6 Å². The summed E-state index contributed by atoms with van der Waals surface area (Å²) in [4.78, 5) is 34.5. The van der Waals surface area contributed by atoms with Crippen molar-refractivity contribution in [1.82, 2.24) is 35.1 Å². The smallest absolute Gasteiger partial charge is 0.454 e. The van der Waals surface area contributed by atoms with Gasteiger partial charge in [-0.05, 0) is 52.1 Å². The van der Waals surface area contributed by atoms with Gasteiger partial charge in [0.25, 0.3) is 6.01 Å². The SMILES string of the molecule is CCOc1nc2cccc(C(=O)O)c2n1Cc1ccc(-c2ccccc2-c2nnn(C(=O)OCc3ccc(CON(O)O)cc3)n2)cc1. The van der Waals surface area contributed by atoms with Crippen LogP contribution in [0.15, 0.2) is 91.0 Å². The molecule has 0 aliphatic rings. The van der Waals surface area contributed by atoms with Crippen molar-refractivity contribution in [2.45, 2.75) is 26.7 Å². The van der Waals surface area contributed by atoms with Crippen molar-refractivity contribution >= 4 is 23.1 Å². The van der Waals surface area contributed by atoms with Crippen LogP contribution in [-0.2, 0) is 29.3 Å². The first kappa shape index (κ1) is 32.0. The molecule has 0 amide bonds. The van der Waals surface area contributed by atoms with E-state index in [1.165, 1.54) is 0 Å². The number of carboxylic acid groups (broad SMARTS) is 1. The number of imidazole rings is 1. The molecule has 244 valence electrons. The van der Waals surface area contributed by atoms with Crippen LogP contribution in [0.2, 0.25) is 0 Å². The minimum Gasteiger partial charge on any atom is -0.478 e. The molecule has 2 heterocycles. The first-order chi connectivity index (χ1) is 23.3. The number of tetrazole rings is 1. The van der Waals surface area contributed by atoms with E-state index < -0.39 is 12.1 Å². The predicted molar refractivity (Wildman–Crippen MR) is 168 cm³/mol. The summed E-state index contributed by atoms with van der Waals surface area (Å²) in [5, 5.41) is 39.0. The van der Waals surface area contributed by atoms with Gasteiger partial charge in [-0.2, -0.15) is 4.98 Å². The van der Waals surface area contributed by atoms with Crippen molar-refractivity contribution in [1.29, 1.82) is 0 Å². The van der Waals surface area contributed by atoms with Crippen molar-refractivity contribution < 1.29 is 39.4 Å². The lowest BCUT2D eigenvalue weighted by molar-refractivity contribution is -0.497. The number of rotatable bonds is 12. The van der Waals surface area contributed by atoms with E-state index >= 15 is 0 Å². The van der Waals surface area contributed by atoms with Gasteiger partial charge in [0.2, 0.25) is 5.82 Å². The average molecular weight is 652 g/mol. The molecule has 0 aliphatic heterocycles. The first-order valence-corrected chi connectivity index (χ1v) is 14.7. The third kappa shape index (κ3) is 7.03. The number of ether oxygens (including phenoxy) is 2. The minimum absolute atomic E-state index is 0.0511. The highest BCUT2D eigenvalue weighted by atomic mass is 17.1. The molecular weight excluding hydrogens is 622 g/mol. The van der Waals surface area contributed by atoms with Crippen LogP contribution < -0.4 is 4.74 Å². The maximum Gasteiger partial charge on any atom is 0.454 e. The number of fused-ring (bicyclic) bond motifs is 1. The fourth-order valence-electron chi connectivity index (χ4n) is 5.09. The van der Waals surface area contributed by atoms with Gasteiger partial charge >= 0.3 is 12.1 Å². The van der Waals surface area contributed by atoms with Crippen LogP contribution in [-0.4, -0.2) is 69.3 Å². The molecule has 48 heavy (non-hydrogen) atoms. The Morgan fingerprint density at radius 3 is 2.21 bits per heavy atom. The Morgan fingerprint density at radius 2 is 1.52 bits per heavy atom. The lowest BCUT2D eigenvalue weighted by Gasteiger charge is -2.12. The highest BCUT2D eigenvalue weighted by Crippen LogP contribution is 2.31. The van der Waals surface area contributed by atoms with Crippen molar-refractivity contribution in [3.8, 4) is 28.5 Å². The Kier molecular flexibility index (Phi) is 9.45. The quantitative estimate of drug-likeness (QED) is 0.147. The summed E-state index contributed by atoms with van der Waals surface area (Å²) in [6.07, 6.45) is -0.816. The molecule has 0 fully saturated rings. The number of hydrogen-bond donors (Lipinski definition) is 3. The molecule has 0 bridgehead atoms. The predicted octanol–water partition coefficient (Wildman–Crippen LogP) is 5.20. The third-order valence-corrected chi connectivity index (χ3v) is 7.32. The number of carbonyl (C=O) groups excluding carboxylic acids is 1. The number of carboxylic acids is 1. The molecule has 0 unspecified atom stereocenters. The van der Waals surface area contributed by atoms with Crippen LogP contribution >= 0.6 is 0 Å². The number of benzene rings is 4. The summed E-state index contributed by atoms with van der Waals surface area (Å²) in [6.45, 7) is 2.44. The largest absolute Gasteiger partial charge is 0.478 e. The van der Waals surface area contributed by atoms with E-state index in [4.69, 9.17) is 19.9 Å². The molecule has 2 aromatic heterocycles. The number of para-hydroxylation sites is 1. The molecule has 0 aliphatic carbocycles. The minimum atomic E-state index is -1.05. The number of nitrogens with zero attached hydrogens (tertiary/aromatic N) is 7. The Labute approximate surface area is 272 Å². The van der Waals surface area contributed by atoms with E-state index in [-0.39, 0.29) is 30.0 Å². The Hall–Kier alpha value is -6.00. The summed E-state index contributed by atoms with van der Waals surface area (Å²) >= 11 is 0.